The van der Waals surface area contributed by atoms with E-state index in [-0.39, 0.29) is 5.69 Å². The lowest BCUT2D eigenvalue weighted by molar-refractivity contribution is -0.384. The van der Waals surface area contributed by atoms with Crippen LogP contribution >= 0.6 is 12.6 Å². The normalized spacial score (nSPS) is 9.39. The van der Waals surface area contributed by atoms with Gasteiger partial charge in [-0.15, -0.1) is 12.6 Å². The molecule has 4 heteroatoms. The molecule has 0 atom stereocenters. The van der Waals surface area contributed by atoms with Crippen LogP contribution in [-0.2, 0) is 0 Å². The molecule has 0 unspecified atom stereocenters. The third kappa shape index (κ3) is 2.90. The van der Waals surface area contributed by atoms with Gasteiger partial charge in [0.2, 0.25) is 0 Å². The zero-order valence-corrected chi connectivity index (χ0v) is 10.2. The van der Waals surface area contributed by atoms with Crippen molar-refractivity contribution < 1.29 is 4.92 Å². The van der Waals surface area contributed by atoms with Gasteiger partial charge in [0.25, 0.3) is 5.69 Å². The van der Waals surface area contributed by atoms with E-state index in [0.717, 1.165) is 16.0 Å². The van der Waals surface area contributed by atoms with E-state index in [1.165, 1.54) is 12.1 Å². The fraction of sp³-hybridized carbons (Fsp3) is 0. The highest BCUT2D eigenvalue weighted by Gasteiger charge is 2.02. The molecule has 0 bridgehead atoms. The first kappa shape index (κ1) is 12.2. The van der Waals surface area contributed by atoms with E-state index in [0.29, 0.717) is 0 Å². The maximum Gasteiger partial charge on any atom is 0.269 e. The largest absolute Gasteiger partial charge is 0.269 e. The number of nitro groups is 1. The molecule has 0 saturated carbocycles. The van der Waals surface area contributed by atoms with Gasteiger partial charge in [-0.2, -0.15) is 0 Å². The van der Waals surface area contributed by atoms with Crippen molar-refractivity contribution in [1.29, 1.82) is 0 Å². The molecule has 3 nitrogen and oxygen atoms in total. The number of hydrogen-bond acceptors (Lipinski definition) is 3. The standard InChI is InChI=1S/C14H9NO2S/c16-15(17)13-9-6-11(7-10-13)5-8-12-3-1-2-4-14(12)18/h1-4,6-7,9-10,18H. The van der Waals surface area contributed by atoms with Crippen LogP contribution in [0.1, 0.15) is 11.1 Å². The van der Waals surface area contributed by atoms with Crippen molar-refractivity contribution in [2.24, 2.45) is 0 Å². The summed E-state index contributed by atoms with van der Waals surface area (Å²) in [5.74, 6) is 5.93. The van der Waals surface area contributed by atoms with Crippen LogP contribution in [0.15, 0.2) is 53.4 Å². The molecule has 0 aromatic heterocycles. The van der Waals surface area contributed by atoms with Gasteiger partial charge in [0.15, 0.2) is 0 Å². The fourth-order valence-electron chi connectivity index (χ4n) is 1.39. The van der Waals surface area contributed by atoms with Gasteiger partial charge in [0, 0.05) is 28.2 Å². The molecule has 2 rings (SSSR count). The first-order valence-electron chi connectivity index (χ1n) is 5.21. The van der Waals surface area contributed by atoms with Gasteiger partial charge in [-0.05, 0) is 24.3 Å². The average molecular weight is 255 g/mol. The van der Waals surface area contributed by atoms with Gasteiger partial charge in [0.1, 0.15) is 0 Å². The zero-order valence-electron chi connectivity index (χ0n) is 9.33. The Balaban J connectivity index is 2.25. The third-order valence-corrected chi connectivity index (χ3v) is 2.71. The minimum absolute atomic E-state index is 0.0649. The summed E-state index contributed by atoms with van der Waals surface area (Å²) >= 11 is 4.30. The van der Waals surface area contributed by atoms with Crippen molar-refractivity contribution in [3.05, 3.63) is 69.8 Å². The first-order chi connectivity index (χ1) is 8.66. The minimum atomic E-state index is -0.430. The van der Waals surface area contributed by atoms with Crippen molar-refractivity contribution in [1.82, 2.24) is 0 Å². The molecule has 2 aromatic rings. The second-order valence-corrected chi connectivity index (χ2v) is 4.05. The van der Waals surface area contributed by atoms with Crippen LogP contribution in [-0.4, -0.2) is 4.92 Å². The van der Waals surface area contributed by atoms with Crippen LogP contribution in [0.2, 0.25) is 0 Å². The predicted octanol–water partition coefficient (Wildman–Crippen LogP) is 3.28. The van der Waals surface area contributed by atoms with Crippen LogP contribution in [0.3, 0.4) is 0 Å². The monoisotopic (exact) mass is 255 g/mol. The number of hydrogen-bond donors (Lipinski definition) is 1. The van der Waals surface area contributed by atoms with Gasteiger partial charge in [0.05, 0.1) is 4.92 Å². The number of nitro benzene ring substituents is 1. The molecule has 0 heterocycles. The molecule has 0 aliphatic carbocycles. The molecule has 18 heavy (non-hydrogen) atoms. The molecule has 0 fully saturated rings. The summed E-state index contributed by atoms with van der Waals surface area (Å²) in [5.41, 5.74) is 1.63. The molecule has 2 aromatic carbocycles. The number of benzene rings is 2. The maximum absolute atomic E-state index is 10.5. The Morgan fingerprint density at radius 3 is 2.28 bits per heavy atom. The van der Waals surface area contributed by atoms with E-state index in [1.807, 2.05) is 24.3 Å². The molecule has 0 spiro atoms. The summed E-state index contributed by atoms with van der Waals surface area (Å²) in [7, 11) is 0. The lowest BCUT2D eigenvalue weighted by Gasteiger charge is -1.94. The number of non-ortho nitro benzene ring substituents is 1. The van der Waals surface area contributed by atoms with Crippen molar-refractivity contribution in [3.63, 3.8) is 0 Å². The van der Waals surface area contributed by atoms with Gasteiger partial charge >= 0.3 is 0 Å². The van der Waals surface area contributed by atoms with E-state index in [9.17, 15) is 10.1 Å². The van der Waals surface area contributed by atoms with Gasteiger partial charge in [-0.3, -0.25) is 10.1 Å². The molecule has 0 aliphatic rings. The Bertz CT molecular complexity index is 639. The molecule has 0 N–H and O–H groups in total. The number of nitrogens with zero attached hydrogens (tertiary/aromatic N) is 1. The Morgan fingerprint density at radius 2 is 1.67 bits per heavy atom. The maximum atomic E-state index is 10.5. The van der Waals surface area contributed by atoms with Gasteiger partial charge < -0.3 is 0 Å². The Morgan fingerprint density at radius 1 is 1.00 bits per heavy atom. The lowest BCUT2D eigenvalue weighted by Crippen LogP contribution is -1.87. The molecule has 0 aliphatic heterocycles. The Hall–Kier alpha value is -2.25. The summed E-state index contributed by atoms with van der Waals surface area (Å²) in [6.45, 7) is 0. The molecule has 0 saturated heterocycles. The topological polar surface area (TPSA) is 43.1 Å². The Labute approximate surface area is 110 Å². The summed E-state index contributed by atoms with van der Waals surface area (Å²) < 4.78 is 0. The lowest BCUT2D eigenvalue weighted by atomic mass is 10.2. The van der Waals surface area contributed by atoms with E-state index in [4.69, 9.17) is 0 Å². The van der Waals surface area contributed by atoms with Crippen LogP contribution in [0.25, 0.3) is 0 Å². The molecule has 88 valence electrons. The van der Waals surface area contributed by atoms with E-state index < -0.39 is 4.92 Å². The zero-order chi connectivity index (χ0) is 13.0. The van der Waals surface area contributed by atoms with Crippen molar-refractivity contribution in [3.8, 4) is 11.8 Å². The van der Waals surface area contributed by atoms with Crippen LogP contribution in [0, 0.1) is 22.0 Å². The third-order valence-electron chi connectivity index (χ3n) is 2.32. The van der Waals surface area contributed by atoms with E-state index in [1.54, 1.807) is 12.1 Å². The van der Waals surface area contributed by atoms with Crippen molar-refractivity contribution in [2.45, 2.75) is 4.90 Å². The molecule has 0 radical (unpaired) electrons. The van der Waals surface area contributed by atoms with Crippen LogP contribution in [0.4, 0.5) is 5.69 Å². The van der Waals surface area contributed by atoms with Gasteiger partial charge in [-0.1, -0.05) is 24.0 Å². The summed E-state index contributed by atoms with van der Waals surface area (Å²) in [6, 6.07) is 13.7. The van der Waals surface area contributed by atoms with Crippen molar-refractivity contribution >= 4 is 18.3 Å². The quantitative estimate of drug-likeness (QED) is 0.368. The van der Waals surface area contributed by atoms with E-state index in [2.05, 4.69) is 24.5 Å². The second-order valence-electron chi connectivity index (χ2n) is 3.57. The first-order valence-corrected chi connectivity index (χ1v) is 5.66. The Kier molecular flexibility index (Phi) is 3.66. The van der Waals surface area contributed by atoms with E-state index >= 15 is 0 Å². The summed E-state index contributed by atoms with van der Waals surface area (Å²) in [4.78, 5) is 10.9. The molecular weight excluding hydrogens is 246 g/mol. The van der Waals surface area contributed by atoms with Crippen LogP contribution < -0.4 is 0 Å². The predicted molar refractivity (Wildman–Crippen MR) is 72.8 cm³/mol. The number of rotatable bonds is 1. The van der Waals surface area contributed by atoms with Gasteiger partial charge in [-0.25, -0.2) is 0 Å². The molecule has 0 amide bonds. The van der Waals surface area contributed by atoms with Crippen LogP contribution in [0.5, 0.6) is 0 Å². The molecular formula is C14H9NO2S. The fourth-order valence-corrected chi connectivity index (χ4v) is 1.60. The second kappa shape index (κ2) is 5.39. The highest BCUT2D eigenvalue weighted by Crippen LogP contribution is 2.13. The highest BCUT2D eigenvalue weighted by molar-refractivity contribution is 7.80. The summed E-state index contributed by atoms with van der Waals surface area (Å²) in [6.07, 6.45) is 0. The minimum Gasteiger partial charge on any atom is -0.258 e. The average Bonchev–Trinajstić information content (AvgIpc) is 2.38. The highest BCUT2D eigenvalue weighted by atomic mass is 32.1. The summed E-state index contributed by atoms with van der Waals surface area (Å²) in [5, 5.41) is 10.5. The smallest absolute Gasteiger partial charge is 0.258 e. The SMILES string of the molecule is O=[N+]([O-])c1ccc(C#Cc2ccccc2S)cc1. The van der Waals surface area contributed by atoms with Crippen molar-refractivity contribution in [2.75, 3.05) is 0 Å². The number of thiol groups is 1.